The molecule has 0 saturated carbocycles. The Bertz CT molecular complexity index is 689. The minimum atomic E-state index is -0.187. The van der Waals surface area contributed by atoms with Crippen LogP contribution >= 0.6 is 12.2 Å². The maximum Gasteiger partial charge on any atom is 1.00 e. The van der Waals surface area contributed by atoms with E-state index in [0.29, 0.717) is 11.6 Å². The van der Waals surface area contributed by atoms with Crippen LogP contribution in [0.5, 0.6) is 5.75 Å². The second-order valence-corrected chi connectivity index (χ2v) is 7.71. The average Bonchev–Trinajstić information content (AvgIpc) is 2.73. The first-order chi connectivity index (χ1) is 9.50. The molecular formula is C16H23KN2O3S. The van der Waals surface area contributed by atoms with Crippen LogP contribution in [-0.4, -0.2) is 20.8 Å². The van der Waals surface area contributed by atoms with Crippen LogP contribution in [0.25, 0.3) is 11.5 Å². The Morgan fingerprint density at radius 3 is 1.78 bits per heavy atom. The van der Waals surface area contributed by atoms with Crippen molar-refractivity contribution < 1.29 is 66.4 Å². The summed E-state index contributed by atoms with van der Waals surface area (Å²) >= 11 is 4.94. The van der Waals surface area contributed by atoms with Gasteiger partial charge >= 0.3 is 51.4 Å². The number of rotatable bonds is 1. The third kappa shape index (κ3) is 5.22. The van der Waals surface area contributed by atoms with Crippen LogP contribution in [0, 0.1) is 4.84 Å². The molecule has 0 unspecified atom stereocenters. The van der Waals surface area contributed by atoms with Crippen molar-refractivity contribution in [2.75, 3.05) is 0 Å². The van der Waals surface area contributed by atoms with Gasteiger partial charge in [0.1, 0.15) is 5.75 Å². The summed E-state index contributed by atoms with van der Waals surface area (Å²) in [6, 6.07) is 3.83. The maximum atomic E-state index is 10.7. The van der Waals surface area contributed by atoms with Crippen LogP contribution in [0.4, 0.5) is 0 Å². The number of aromatic hydroxyl groups is 1. The van der Waals surface area contributed by atoms with Crippen molar-refractivity contribution in [1.82, 2.24) is 10.2 Å². The van der Waals surface area contributed by atoms with Gasteiger partial charge in [-0.15, -0.1) is 5.10 Å². The molecule has 2 rings (SSSR count). The first-order valence-corrected chi connectivity index (χ1v) is 7.35. The van der Waals surface area contributed by atoms with Crippen molar-refractivity contribution in [2.24, 2.45) is 0 Å². The van der Waals surface area contributed by atoms with Crippen molar-refractivity contribution in [2.45, 2.75) is 52.4 Å². The molecule has 0 aliphatic heterocycles. The van der Waals surface area contributed by atoms with E-state index in [0.717, 1.165) is 16.7 Å². The first kappa shape index (κ1) is 23.0. The number of nitrogens with one attached hydrogen (secondary N) is 1. The quantitative estimate of drug-likeness (QED) is 0.593. The standard InChI is InChI=1S/C16H22N2O2S.K.H2O/c1-15(2,3)10-7-9(13-17-18-14(21)20-13)8-11(12(10)19)16(4,5)6;;/h7-8,19H,1-6H3,(H,18,21);;1H2/q;+1;/p-1. The molecule has 0 bridgehead atoms. The molecule has 5 nitrogen and oxygen atoms in total. The van der Waals surface area contributed by atoms with Crippen molar-refractivity contribution in [1.29, 1.82) is 0 Å². The summed E-state index contributed by atoms with van der Waals surface area (Å²) in [6.07, 6.45) is 0. The smallest absolute Gasteiger partial charge is 0.870 e. The number of phenolic OH excluding ortho intramolecular Hbond substituents is 1. The van der Waals surface area contributed by atoms with Crippen LogP contribution in [-0.2, 0) is 10.8 Å². The van der Waals surface area contributed by atoms with Crippen molar-refractivity contribution in [3.05, 3.63) is 28.1 Å². The van der Waals surface area contributed by atoms with Gasteiger partial charge in [0.25, 0.3) is 4.84 Å². The van der Waals surface area contributed by atoms with Gasteiger partial charge in [0.05, 0.1) is 0 Å². The number of aromatic nitrogens is 2. The SMILES string of the molecule is CC(C)(C)c1cc(-c2n[nH]c(=S)o2)cc(C(C)(C)C)c1O.[K+].[OH-]. The zero-order valence-corrected chi connectivity index (χ0v) is 18.8. The molecule has 1 heterocycles. The molecule has 0 amide bonds. The van der Waals surface area contributed by atoms with Crippen molar-refractivity contribution in [3.63, 3.8) is 0 Å². The minimum Gasteiger partial charge on any atom is -0.870 e. The Labute approximate surface area is 184 Å². The summed E-state index contributed by atoms with van der Waals surface area (Å²) in [5, 5.41) is 17.4. The third-order valence-corrected chi connectivity index (χ3v) is 3.59. The number of nitrogens with zero attached hydrogens (tertiary/aromatic N) is 1. The zero-order chi connectivity index (χ0) is 16.0. The fraction of sp³-hybridized carbons (Fsp3) is 0.500. The van der Waals surface area contributed by atoms with Crippen LogP contribution < -0.4 is 51.4 Å². The first-order valence-electron chi connectivity index (χ1n) is 6.94. The molecule has 3 N–H and O–H groups in total. The molecule has 0 aliphatic carbocycles. The van der Waals surface area contributed by atoms with Gasteiger partial charge in [-0.2, -0.15) is 0 Å². The fourth-order valence-electron chi connectivity index (χ4n) is 2.25. The van der Waals surface area contributed by atoms with Gasteiger partial charge in [-0.25, -0.2) is 5.10 Å². The predicted molar refractivity (Wildman–Crippen MR) is 88.1 cm³/mol. The number of aromatic amines is 1. The second-order valence-electron chi connectivity index (χ2n) is 7.34. The molecule has 0 atom stereocenters. The van der Waals surface area contributed by atoms with E-state index in [4.69, 9.17) is 16.6 Å². The molecule has 0 spiro atoms. The van der Waals surface area contributed by atoms with Gasteiger partial charge in [-0.1, -0.05) is 41.5 Å². The van der Waals surface area contributed by atoms with Gasteiger partial charge in [0.2, 0.25) is 5.89 Å². The van der Waals surface area contributed by atoms with E-state index < -0.39 is 0 Å². The van der Waals surface area contributed by atoms with E-state index in [9.17, 15) is 5.11 Å². The Balaban J connectivity index is 0.00000242. The summed E-state index contributed by atoms with van der Waals surface area (Å²) in [4.78, 5) is 0.243. The minimum absolute atomic E-state index is 0. The maximum absolute atomic E-state index is 10.7. The van der Waals surface area contributed by atoms with E-state index in [1.54, 1.807) is 0 Å². The van der Waals surface area contributed by atoms with Crippen LogP contribution in [0.3, 0.4) is 0 Å². The third-order valence-electron chi connectivity index (χ3n) is 3.41. The Kier molecular flexibility index (Phi) is 7.90. The molecule has 0 saturated heterocycles. The van der Waals surface area contributed by atoms with E-state index in [-0.39, 0.29) is 72.5 Å². The van der Waals surface area contributed by atoms with E-state index in [2.05, 4.69) is 51.7 Å². The van der Waals surface area contributed by atoms with Crippen molar-refractivity contribution >= 4 is 12.2 Å². The summed E-state index contributed by atoms with van der Waals surface area (Å²) in [5.74, 6) is 0.781. The molecule has 7 heteroatoms. The van der Waals surface area contributed by atoms with E-state index >= 15 is 0 Å². The summed E-state index contributed by atoms with van der Waals surface area (Å²) in [6.45, 7) is 12.4. The monoisotopic (exact) mass is 362 g/mol. The van der Waals surface area contributed by atoms with Gasteiger partial charge in [-0.3, -0.25) is 0 Å². The zero-order valence-electron chi connectivity index (χ0n) is 14.8. The van der Waals surface area contributed by atoms with Crippen LogP contribution in [0.2, 0.25) is 0 Å². The summed E-state index contributed by atoms with van der Waals surface area (Å²) < 4.78 is 5.41. The number of benzene rings is 1. The number of hydrogen-bond donors (Lipinski definition) is 2. The topological polar surface area (TPSA) is 92.0 Å². The van der Waals surface area contributed by atoms with Gasteiger partial charge in [-0.05, 0) is 35.2 Å². The summed E-state index contributed by atoms with van der Waals surface area (Å²) in [5.41, 5.74) is 2.18. The molecular weight excluding hydrogens is 339 g/mol. The Hall–Kier alpha value is -0.0236. The number of phenols is 1. The molecule has 23 heavy (non-hydrogen) atoms. The van der Waals surface area contributed by atoms with Crippen molar-refractivity contribution in [3.8, 4) is 17.2 Å². The van der Waals surface area contributed by atoms with Crippen LogP contribution in [0.1, 0.15) is 52.7 Å². The largest absolute Gasteiger partial charge is 1.00 e. The van der Waals surface area contributed by atoms with E-state index in [1.165, 1.54) is 0 Å². The normalized spacial score (nSPS) is 11.6. The average molecular weight is 363 g/mol. The molecule has 1 aromatic heterocycles. The number of H-pyrrole nitrogens is 1. The van der Waals surface area contributed by atoms with Gasteiger partial charge in [0, 0.05) is 16.7 Å². The molecule has 0 fully saturated rings. The predicted octanol–water partition coefficient (Wildman–Crippen LogP) is 1.53. The second kappa shape index (κ2) is 7.90. The van der Waals surface area contributed by atoms with Gasteiger partial charge in [0.15, 0.2) is 0 Å². The molecule has 2 aromatic rings. The molecule has 0 aliphatic rings. The van der Waals surface area contributed by atoms with Crippen LogP contribution in [0.15, 0.2) is 16.5 Å². The molecule has 122 valence electrons. The van der Waals surface area contributed by atoms with E-state index in [1.807, 2.05) is 12.1 Å². The Morgan fingerprint density at radius 1 is 1.04 bits per heavy atom. The Morgan fingerprint density at radius 2 is 1.48 bits per heavy atom. The number of hydrogen-bond acceptors (Lipinski definition) is 5. The molecule has 0 radical (unpaired) electrons. The van der Waals surface area contributed by atoms with Gasteiger partial charge < -0.3 is 15.0 Å². The fourth-order valence-corrected chi connectivity index (χ4v) is 2.38. The summed E-state index contributed by atoms with van der Waals surface area (Å²) in [7, 11) is 0. The molecule has 1 aromatic carbocycles.